The minimum atomic E-state index is 0.497. The molecule has 1 aromatic rings. The Morgan fingerprint density at radius 1 is 1.33 bits per heavy atom. The maximum Gasteiger partial charge on any atom is 0.0947 e. The molecule has 3 fully saturated rings. The van der Waals surface area contributed by atoms with Crippen molar-refractivity contribution >= 4 is 0 Å². The Balaban J connectivity index is 1.37. The summed E-state index contributed by atoms with van der Waals surface area (Å²) in [4.78, 5) is 2.59. The largest absolute Gasteiger partial charge is 0.472 e. The number of furan rings is 1. The smallest absolute Gasteiger partial charge is 0.0947 e. The lowest BCUT2D eigenvalue weighted by atomic mass is 10.1. The van der Waals surface area contributed by atoms with Crippen molar-refractivity contribution in [2.24, 2.45) is 11.8 Å². The molecule has 0 N–H and O–H groups in total. The molecule has 3 nitrogen and oxygen atoms in total. The molecular formula is C15H21NO2. The van der Waals surface area contributed by atoms with Crippen molar-refractivity contribution in [3.8, 4) is 0 Å². The van der Waals surface area contributed by atoms with Crippen LogP contribution in [-0.2, 0) is 11.3 Å². The fourth-order valence-corrected chi connectivity index (χ4v) is 3.60. The van der Waals surface area contributed by atoms with Gasteiger partial charge in [0, 0.05) is 31.3 Å². The molecule has 0 aromatic carbocycles. The Morgan fingerprint density at radius 3 is 3.00 bits per heavy atom. The Bertz CT molecular complexity index is 399. The highest BCUT2D eigenvalue weighted by Gasteiger charge is 2.45. The molecule has 0 amide bonds. The first kappa shape index (κ1) is 11.1. The van der Waals surface area contributed by atoms with Crippen LogP contribution in [0, 0.1) is 11.8 Å². The average molecular weight is 247 g/mol. The normalized spacial score (nSPS) is 35.4. The van der Waals surface area contributed by atoms with E-state index < -0.39 is 0 Å². The van der Waals surface area contributed by atoms with Crippen LogP contribution in [0.1, 0.15) is 31.2 Å². The fraction of sp³-hybridized carbons (Fsp3) is 0.733. The van der Waals surface area contributed by atoms with Gasteiger partial charge in [0.25, 0.3) is 0 Å². The zero-order chi connectivity index (χ0) is 11.9. The standard InChI is InChI=1S/C15H21NO2/c1-2-11(1)10-18-15-6-13-5-14(15)16(8-13)7-12-3-4-17-9-12/h3-4,9,11,13-15H,1-2,5-8,10H2/t13-,14-,15+/m1/s1. The predicted octanol–water partition coefficient (Wildman–Crippen LogP) is 2.67. The SMILES string of the molecule is c1cc(CN2C[C@H]3C[C@H](OCC4CC4)[C@H]2C3)co1. The second-order valence-corrected chi connectivity index (χ2v) is 6.28. The molecule has 2 bridgehead atoms. The zero-order valence-corrected chi connectivity index (χ0v) is 10.8. The summed E-state index contributed by atoms with van der Waals surface area (Å²) in [7, 11) is 0. The third-order valence-electron chi connectivity index (χ3n) is 4.74. The summed E-state index contributed by atoms with van der Waals surface area (Å²) >= 11 is 0. The van der Waals surface area contributed by atoms with Gasteiger partial charge in [-0.1, -0.05) is 0 Å². The number of likely N-dealkylation sites (tertiary alicyclic amines) is 1. The number of ether oxygens (including phenoxy) is 1. The van der Waals surface area contributed by atoms with Gasteiger partial charge in [-0.15, -0.1) is 0 Å². The van der Waals surface area contributed by atoms with E-state index in [1.165, 1.54) is 37.8 Å². The molecule has 1 aromatic heterocycles. The maximum atomic E-state index is 6.15. The van der Waals surface area contributed by atoms with Gasteiger partial charge in [0.2, 0.25) is 0 Å². The van der Waals surface area contributed by atoms with E-state index in [0.29, 0.717) is 12.1 Å². The number of fused-ring (bicyclic) bond motifs is 2. The van der Waals surface area contributed by atoms with Crippen LogP contribution in [-0.4, -0.2) is 30.2 Å². The van der Waals surface area contributed by atoms with Crippen molar-refractivity contribution in [2.45, 2.75) is 44.4 Å². The molecule has 4 rings (SSSR count). The van der Waals surface area contributed by atoms with Gasteiger partial charge >= 0.3 is 0 Å². The van der Waals surface area contributed by atoms with Gasteiger partial charge < -0.3 is 9.15 Å². The first-order valence-electron chi connectivity index (χ1n) is 7.25. The van der Waals surface area contributed by atoms with E-state index in [1.54, 1.807) is 6.26 Å². The topological polar surface area (TPSA) is 25.6 Å². The summed E-state index contributed by atoms with van der Waals surface area (Å²) in [6.07, 6.45) is 9.54. The van der Waals surface area contributed by atoms with Crippen molar-refractivity contribution in [1.29, 1.82) is 0 Å². The minimum Gasteiger partial charge on any atom is -0.472 e. The molecular weight excluding hydrogens is 226 g/mol. The lowest BCUT2D eigenvalue weighted by molar-refractivity contribution is -0.0174. The van der Waals surface area contributed by atoms with Crippen LogP contribution in [0.4, 0.5) is 0 Å². The molecule has 1 saturated heterocycles. The van der Waals surface area contributed by atoms with E-state index >= 15 is 0 Å². The number of rotatable bonds is 5. The van der Waals surface area contributed by atoms with E-state index in [0.717, 1.165) is 25.0 Å². The van der Waals surface area contributed by atoms with E-state index in [1.807, 2.05) is 6.26 Å². The van der Waals surface area contributed by atoms with Gasteiger partial charge in [-0.2, -0.15) is 0 Å². The number of hydrogen-bond acceptors (Lipinski definition) is 3. The summed E-state index contributed by atoms with van der Waals surface area (Å²) in [6, 6.07) is 2.73. The molecule has 3 aliphatic rings. The summed E-state index contributed by atoms with van der Waals surface area (Å²) in [5.74, 6) is 1.75. The molecule has 3 atom stereocenters. The first-order chi connectivity index (χ1) is 8.88. The van der Waals surface area contributed by atoms with Crippen LogP contribution < -0.4 is 0 Å². The van der Waals surface area contributed by atoms with Gasteiger partial charge in [-0.25, -0.2) is 0 Å². The second-order valence-electron chi connectivity index (χ2n) is 6.28. The third kappa shape index (κ3) is 2.10. The lowest BCUT2D eigenvalue weighted by Gasteiger charge is -2.32. The minimum absolute atomic E-state index is 0.497. The quantitative estimate of drug-likeness (QED) is 0.800. The van der Waals surface area contributed by atoms with Crippen LogP contribution in [0.2, 0.25) is 0 Å². The van der Waals surface area contributed by atoms with Gasteiger partial charge in [0.05, 0.1) is 18.6 Å². The summed E-state index contributed by atoms with van der Waals surface area (Å²) in [5, 5.41) is 0. The number of piperidine rings is 1. The Labute approximate surface area is 108 Å². The Morgan fingerprint density at radius 2 is 2.28 bits per heavy atom. The van der Waals surface area contributed by atoms with Gasteiger partial charge in [-0.05, 0) is 43.6 Å². The number of nitrogens with zero attached hydrogens (tertiary/aromatic N) is 1. The van der Waals surface area contributed by atoms with Crippen LogP contribution in [0.3, 0.4) is 0 Å². The molecule has 0 spiro atoms. The fourth-order valence-electron chi connectivity index (χ4n) is 3.60. The molecule has 2 aliphatic carbocycles. The van der Waals surface area contributed by atoms with E-state index in [4.69, 9.17) is 9.15 Å². The molecule has 98 valence electrons. The second kappa shape index (κ2) is 4.39. The summed E-state index contributed by atoms with van der Waals surface area (Å²) < 4.78 is 11.3. The molecule has 1 aliphatic heterocycles. The van der Waals surface area contributed by atoms with Gasteiger partial charge in [0.1, 0.15) is 0 Å². The van der Waals surface area contributed by atoms with Crippen molar-refractivity contribution in [3.63, 3.8) is 0 Å². The molecule has 0 radical (unpaired) electrons. The van der Waals surface area contributed by atoms with Gasteiger partial charge in [-0.3, -0.25) is 4.90 Å². The van der Waals surface area contributed by atoms with E-state index in [2.05, 4.69) is 11.0 Å². The number of hydrogen-bond donors (Lipinski definition) is 0. The average Bonchev–Trinajstić information content (AvgIpc) is 2.79. The summed E-state index contributed by atoms with van der Waals surface area (Å²) in [6.45, 7) is 3.29. The van der Waals surface area contributed by atoms with Crippen molar-refractivity contribution in [1.82, 2.24) is 4.90 Å². The lowest BCUT2D eigenvalue weighted by Crippen LogP contribution is -2.42. The predicted molar refractivity (Wildman–Crippen MR) is 68.1 cm³/mol. The molecule has 3 heteroatoms. The van der Waals surface area contributed by atoms with Crippen molar-refractivity contribution in [2.75, 3.05) is 13.2 Å². The zero-order valence-electron chi connectivity index (χ0n) is 10.8. The molecule has 0 unspecified atom stereocenters. The van der Waals surface area contributed by atoms with Gasteiger partial charge in [0.15, 0.2) is 0 Å². The molecule has 2 saturated carbocycles. The van der Waals surface area contributed by atoms with Crippen LogP contribution in [0.25, 0.3) is 0 Å². The molecule has 2 heterocycles. The highest BCUT2D eigenvalue weighted by molar-refractivity contribution is 5.08. The highest BCUT2D eigenvalue weighted by Crippen LogP contribution is 2.41. The van der Waals surface area contributed by atoms with Crippen molar-refractivity contribution in [3.05, 3.63) is 24.2 Å². The Hall–Kier alpha value is -0.800. The van der Waals surface area contributed by atoms with Crippen LogP contribution >= 0.6 is 0 Å². The van der Waals surface area contributed by atoms with Crippen molar-refractivity contribution < 1.29 is 9.15 Å². The Kier molecular flexibility index (Phi) is 2.70. The third-order valence-corrected chi connectivity index (χ3v) is 4.74. The first-order valence-corrected chi connectivity index (χ1v) is 7.25. The monoisotopic (exact) mass is 247 g/mol. The molecule has 18 heavy (non-hydrogen) atoms. The maximum absolute atomic E-state index is 6.15. The summed E-state index contributed by atoms with van der Waals surface area (Å²) in [5.41, 5.74) is 1.29. The van der Waals surface area contributed by atoms with Crippen LogP contribution in [0.5, 0.6) is 0 Å². The van der Waals surface area contributed by atoms with E-state index in [9.17, 15) is 0 Å². The highest BCUT2D eigenvalue weighted by atomic mass is 16.5. The van der Waals surface area contributed by atoms with E-state index in [-0.39, 0.29) is 0 Å². The van der Waals surface area contributed by atoms with Crippen LogP contribution in [0.15, 0.2) is 23.0 Å².